The summed E-state index contributed by atoms with van der Waals surface area (Å²) in [7, 11) is 0. The van der Waals surface area contributed by atoms with Crippen LogP contribution in [0.25, 0.3) is 0 Å². The summed E-state index contributed by atoms with van der Waals surface area (Å²) < 4.78 is 5.28. The Balaban J connectivity index is 1.59. The van der Waals surface area contributed by atoms with E-state index in [1.165, 1.54) is 0 Å². The zero-order valence-corrected chi connectivity index (χ0v) is 7.94. The number of nitrogens with zero attached hydrogens (tertiary/aromatic N) is 1. The quantitative estimate of drug-likeness (QED) is 0.567. The van der Waals surface area contributed by atoms with Crippen LogP contribution in [0, 0.1) is 17.8 Å². The Kier molecular flexibility index (Phi) is 1.68. The summed E-state index contributed by atoms with van der Waals surface area (Å²) >= 11 is 0. The van der Waals surface area contributed by atoms with E-state index in [4.69, 9.17) is 4.74 Å². The van der Waals surface area contributed by atoms with Crippen molar-refractivity contribution < 1.29 is 14.3 Å². The van der Waals surface area contributed by atoms with Gasteiger partial charge in [0.2, 0.25) is 5.78 Å². The molecule has 0 aromatic carbocycles. The second-order valence-electron chi connectivity index (χ2n) is 4.45. The van der Waals surface area contributed by atoms with Crippen LogP contribution >= 0.6 is 0 Å². The molecule has 3 rings (SSSR count). The number of likely N-dealkylation sites (tertiary alicyclic amines) is 1. The molecule has 1 aliphatic carbocycles. The van der Waals surface area contributed by atoms with Crippen molar-refractivity contribution >= 4 is 11.7 Å². The number of ketones is 1. The highest BCUT2D eigenvalue weighted by molar-refractivity contribution is 6.37. The number of Topliss-reactive ketones (excluding diaryl/α,β-unsaturated/α-hetero) is 1. The van der Waals surface area contributed by atoms with Crippen molar-refractivity contribution in [2.75, 3.05) is 26.3 Å². The second-order valence-corrected chi connectivity index (χ2v) is 4.45. The fraction of sp³-hybridized carbons (Fsp3) is 0.800. The monoisotopic (exact) mass is 195 g/mol. The standard InChI is InChI=1S/C10H13NO3/c12-9-1-2-11(10(9)13)3-6-7-4-14-5-8(6)7/h6-8H,1-5H2. The fourth-order valence-corrected chi connectivity index (χ4v) is 2.68. The van der Waals surface area contributed by atoms with Crippen LogP contribution in [0.4, 0.5) is 0 Å². The zero-order valence-electron chi connectivity index (χ0n) is 7.94. The van der Waals surface area contributed by atoms with Gasteiger partial charge >= 0.3 is 0 Å². The van der Waals surface area contributed by atoms with E-state index in [0.29, 0.717) is 30.7 Å². The molecule has 0 bridgehead atoms. The van der Waals surface area contributed by atoms with Crippen molar-refractivity contribution in [1.29, 1.82) is 0 Å². The van der Waals surface area contributed by atoms with E-state index in [2.05, 4.69) is 0 Å². The van der Waals surface area contributed by atoms with E-state index >= 15 is 0 Å². The van der Waals surface area contributed by atoms with Crippen LogP contribution < -0.4 is 0 Å². The summed E-state index contributed by atoms with van der Waals surface area (Å²) in [5.74, 6) is 1.46. The highest BCUT2D eigenvalue weighted by atomic mass is 16.5. The lowest BCUT2D eigenvalue weighted by atomic mass is 10.3. The van der Waals surface area contributed by atoms with Gasteiger partial charge in [-0.05, 0) is 17.8 Å². The van der Waals surface area contributed by atoms with E-state index < -0.39 is 0 Å². The first-order valence-electron chi connectivity index (χ1n) is 5.17. The average molecular weight is 195 g/mol. The van der Waals surface area contributed by atoms with Crippen LogP contribution in [0.3, 0.4) is 0 Å². The molecule has 4 nitrogen and oxygen atoms in total. The first kappa shape index (κ1) is 8.41. The van der Waals surface area contributed by atoms with Gasteiger partial charge in [0.25, 0.3) is 5.91 Å². The van der Waals surface area contributed by atoms with Crippen molar-refractivity contribution in [2.45, 2.75) is 6.42 Å². The lowest BCUT2D eigenvalue weighted by Gasteiger charge is -2.15. The van der Waals surface area contributed by atoms with Gasteiger partial charge in [-0.2, -0.15) is 0 Å². The summed E-state index contributed by atoms with van der Waals surface area (Å²) in [6.07, 6.45) is 0.414. The number of amides is 1. The van der Waals surface area contributed by atoms with Gasteiger partial charge < -0.3 is 9.64 Å². The van der Waals surface area contributed by atoms with E-state index in [1.807, 2.05) is 0 Å². The van der Waals surface area contributed by atoms with Gasteiger partial charge in [0.05, 0.1) is 13.2 Å². The van der Waals surface area contributed by atoms with Crippen LogP contribution in [-0.2, 0) is 14.3 Å². The predicted molar refractivity (Wildman–Crippen MR) is 47.5 cm³/mol. The molecule has 76 valence electrons. The highest BCUT2D eigenvalue weighted by Crippen LogP contribution is 2.51. The number of hydrogen-bond acceptors (Lipinski definition) is 3. The highest BCUT2D eigenvalue weighted by Gasteiger charge is 2.54. The Morgan fingerprint density at radius 2 is 2.00 bits per heavy atom. The minimum Gasteiger partial charge on any atom is -0.381 e. The number of ether oxygens (including phenoxy) is 1. The molecule has 14 heavy (non-hydrogen) atoms. The van der Waals surface area contributed by atoms with Gasteiger partial charge in [-0.25, -0.2) is 0 Å². The van der Waals surface area contributed by atoms with E-state index in [9.17, 15) is 9.59 Å². The van der Waals surface area contributed by atoms with Crippen molar-refractivity contribution in [2.24, 2.45) is 17.8 Å². The number of carbonyl (C=O) groups is 2. The molecular weight excluding hydrogens is 182 g/mol. The Labute approximate surface area is 82.2 Å². The van der Waals surface area contributed by atoms with Crippen molar-refractivity contribution in [3.8, 4) is 0 Å². The Morgan fingerprint density at radius 1 is 1.29 bits per heavy atom. The molecule has 0 spiro atoms. The molecule has 2 atom stereocenters. The first-order chi connectivity index (χ1) is 6.77. The summed E-state index contributed by atoms with van der Waals surface area (Å²) in [5, 5.41) is 0. The van der Waals surface area contributed by atoms with Gasteiger partial charge in [0.1, 0.15) is 0 Å². The third-order valence-corrected chi connectivity index (χ3v) is 3.70. The summed E-state index contributed by atoms with van der Waals surface area (Å²) in [5.41, 5.74) is 0. The summed E-state index contributed by atoms with van der Waals surface area (Å²) in [4.78, 5) is 24.1. The normalized spacial score (nSPS) is 40.6. The largest absolute Gasteiger partial charge is 0.381 e. The molecule has 2 unspecified atom stereocenters. The molecule has 0 aromatic rings. The fourth-order valence-electron chi connectivity index (χ4n) is 2.68. The minimum atomic E-state index is -0.268. The van der Waals surface area contributed by atoms with Crippen LogP contribution in [0.15, 0.2) is 0 Å². The van der Waals surface area contributed by atoms with Gasteiger partial charge in [0.15, 0.2) is 0 Å². The lowest BCUT2D eigenvalue weighted by molar-refractivity contribution is -0.140. The molecule has 2 heterocycles. The van der Waals surface area contributed by atoms with Crippen LogP contribution in [-0.4, -0.2) is 42.9 Å². The van der Waals surface area contributed by atoms with Crippen molar-refractivity contribution in [1.82, 2.24) is 4.90 Å². The molecule has 2 saturated heterocycles. The molecule has 2 aliphatic heterocycles. The van der Waals surface area contributed by atoms with E-state index in [0.717, 1.165) is 19.8 Å². The number of hydrogen-bond donors (Lipinski definition) is 0. The number of fused-ring (bicyclic) bond motifs is 1. The molecule has 3 aliphatic rings. The predicted octanol–water partition coefficient (Wildman–Crippen LogP) is -0.320. The van der Waals surface area contributed by atoms with E-state index in [1.54, 1.807) is 4.90 Å². The van der Waals surface area contributed by atoms with Gasteiger partial charge in [-0.3, -0.25) is 9.59 Å². The Morgan fingerprint density at radius 3 is 2.57 bits per heavy atom. The van der Waals surface area contributed by atoms with Crippen LogP contribution in [0.2, 0.25) is 0 Å². The molecule has 0 radical (unpaired) electrons. The summed E-state index contributed by atoms with van der Waals surface area (Å²) in [6, 6.07) is 0. The van der Waals surface area contributed by atoms with E-state index in [-0.39, 0.29) is 11.7 Å². The molecular formula is C10H13NO3. The SMILES string of the molecule is O=C1CCN(CC2C3COCC32)C1=O. The maximum Gasteiger partial charge on any atom is 0.290 e. The minimum absolute atomic E-state index is 0.216. The Bertz CT molecular complexity index is 292. The van der Waals surface area contributed by atoms with Gasteiger partial charge in [0, 0.05) is 19.5 Å². The maximum atomic E-state index is 11.3. The average Bonchev–Trinajstić information content (AvgIpc) is 2.56. The second kappa shape index (κ2) is 2.79. The summed E-state index contributed by atoms with van der Waals surface area (Å²) in [6.45, 7) is 3.12. The van der Waals surface area contributed by atoms with Gasteiger partial charge in [-0.1, -0.05) is 0 Å². The van der Waals surface area contributed by atoms with Crippen LogP contribution in [0.1, 0.15) is 6.42 Å². The molecule has 3 fully saturated rings. The van der Waals surface area contributed by atoms with Crippen LogP contribution in [0.5, 0.6) is 0 Å². The first-order valence-corrected chi connectivity index (χ1v) is 5.17. The number of rotatable bonds is 2. The molecule has 1 amide bonds. The topological polar surface area (TPSA) is 46.6 Å². The molecule has 1 saturated carbocycles. The van der Waals surface area contributed by atoms with Gasteiger partial charge in [-0.15, -0.1) is 0 Å². The zero-order chi connectivity index (χ0) is 9.71. The molecule has 0 aromatic heterocycles. The smallest absolute Gasteiger partial charge is 0.290 e. The lowest BCUT2D eigenvalue weighted by Crippen LogP contribution is -2.30. The van der Waals surface area contributed by atoms with Crippen molar-refractivity contribution in [3.63, 3.8) is 0 Å². The number of carbonyl (C=O) groups excluding carboxylic acids is 2. The molecule has 0 N–H and O–H groups in total. The maximum absolute atomic E-state index is 11.3. The van der Waals surface area contributed by atoms with Crippen molar-refractivity contribution in [3.05, 3.63) is 0 Å². The third-order valence-electron chi connectivity index (χ3n) is 3.70. The third kappa shape index (κ3) is 1.10. The molecule has 4 heteroatoms. The Hall–Kier alpha value is -0.900.